The van der Waals surface area contributed by atoms with E-state index >= 15 is 0 Å². The second-order valence-corrected chi connectivity index (χ2v) is 6.68. The molecule has 2 rings (SSSR count). The fourth-order valence-electron chi connectivity index (χ4n) is 2.98. The average molecular weight is 294 g/mol. The van der Waals surface area contributed by atoms with E-state index in [-0.39, 0.29) is 5.91 Å². The Morgan fingerprint density at radius 3 is 2.90 bits per heavy atom. The van der Waals surface area contributed by atoms with Gasteiger partial charge in [-0.15, -0.1) is 11.3 Å². The molecule has 0 aliphatic carbocycles. The molecule has 0 aromatic carbocycles. The van der Waals surface area contributed by atoms with Gasteiger partial charge in [-0.25, -0.2) is 0 Å². The lowest BCUT2D eigenvalue weighted by Crippen LogP contribution is -2.44. The Kier molecular flexibility index (Phi) is 5.61. The van der Waals surface area contributed by atoms with Gasteiger partial charge in [-0.3, -0.25) is 4.79 Å². The van der Waals surface area contributed by atoms with Crippen LogP contribution in [0.25, 0.3) is 0 Å². The lowest BCUT2D eigenvalue weighted by atomic mass is 9.95. The Bertz CT molecular complexity index is 439. The van der Waals surface area contributed by atoms with Crippen molar-refractivity contribution in [2.24, 2.45) is 5.92 Å². The highest BCUT2D eigenvalue weighted by Crippen LogP contribution is 2.23. The zero-order valence-corrected chi connectivity index (χ0v) is 13.6. The van der Waals surface area contributed by atoms with E-state index in [1.807, 2.05) is 16.2 Å². The molecule has 1 aromatic rings. The summed E-state index contributed by atoms with van der Waals surface area (Å²) >= 11 is 1.81. The van der Waals surface area contributed by atoms with E-state index in [0.717, 1.165) is 19.5 Å². The molecule has 112 valence electrons. The average Bonchev–Trinajstić information content (AvgIpc) is 2.93. The van der Waals surface area contributed by atoms with Crippen LogP contribution in [0.4, 0.5) is 0 Å². The molecule has 3 nitrogen and oxygen atoms in total. The van der Waals surface area contributed by atoms with Gasteiger partial charge < -0.3 is 10.2 Å². The number of hydrogen-bond acceptors (Lipinski definition) is 3. The molecule has 0 fully saturated rings. The number of fused-ring (bicyclic) bond motifs is 1. The highest BCUT2D eigenvalue weighted by molar-refractivity contribution is 7.10. The van der Waals surface area contributed by atoms with Gasteiger partial charge in [0.2, 0.25) is 5.91 Å². The van der Waals surface area contributed by atoms with Gasteiger partial charge in [-0.1, -0.05) is 26.7 Å². The first kappa shape index (κ1) is 15.5. The minimum absolute atomic E-state index is 0.236. The maximum atomic E-state index is 12.3. The Balaban J connectivity index is 1.81. The number of hydrogen-bond donors (Lipinski definition) is 1. The summed E-state index contributed by atoms with van der Waals surface area (Å²) in [6, 6.07) is 2.56. The summed E-state index contributed by atoms with van der Waals surface area (Å²) in [7, 11) is 0. The lowest BCUT2D eigenvalue weighted by Gasteiger charge is -2.29. The van der Waals surface area contributed by atoms with Crippen LogP contribution in [-0.2, 0) is 17.8 Å². The topological polar surface area (TPSA) is 32.3 Å². The first-order chi connectivity index (χ1) is 9.65. The zero-order valence-electron chi connectivity index (χ0n) is 12.8. The summed E-state index contributed by atoms with van der Waals surface area (Å²) in [5.74, 6) is 0.896. The number of thiophene rings is 1. The van der Waals surface area contributed by atoms with Gasteiger partial charge in [-0.2, -0.15) is 0 Å². The van der Waals surface area contributed by atoms with Crippen molar-refractivity contribution in [3.8, 4) is 0 Å². The van der Waals surface area contributed by atoms with Crippen molar-refractivity contribution in [1.29, 1.82) is 0 Å². The van der Waals surface area contributed by atoms with Crippen molar-refractivity contribution in [3.63, 3.8) is 0 Å². The standard InChI is InChI=1S/C16H26N2OS/c1-4-13(5-2)12(3)17-10-16(19)18-8-6-15-14(11-18)7-9-20-15/h7,9,12-13,17H,4-6,8,10-11H2,1-3H3. The van der Waals surface area contributed by atoms with Gasteiger partial charge in [-0.05, 0) is 36.3 Å². The third-order valence-electron chi connectivity index (χ3n) is 4.49. The first-order valence-electron chi connectivity index (χ1n) is 7.72. The van der Waals surface area contributed by atoms with E-state index in [0.29, 0.717) is 18.5 Å². The maximum Gasteiger partial charge on any atom is 0.236 e. The van der Waals surface area contributed by atoms with Crippen LogP contribution in [0.15, 0.2) is 11.4 Å². The predicted molar refractivity (Wildman–Crippen MR) is 85.0 cm³/mol. The molecule has 1 unspecified atom stereocenters. The number of rotatable bonds is 6. The number of nitrogens with one attached hydrogen (secondary N) is 1. The van der Waals surface area contributed by atoms with E-state index in [1.54, 1.807) is 0 Å². The summed E-state index contributed by atoms with van der Waals surface area (Å²) in [5, 5.41) is 5.54. The van der Waals surface area contributed by atoms with Crippen LogP contribution < -0.4 is 5.32 Å². The number of carbonyl (C=O) groups excluding carboxylic acids is 1. The summed E-state index contributed by atoms with van der Waals surface area (Å²) < 4.78 is 0. The molecule has 1 aliphatic heterocycles. The number of nitrogens with zero attached hydrogens (tertiary/aromatic N) is 1. The van der Waals surface area contributed by atoms with Crippen molar-refractivity contribution in [2.45, 2.75) is 52.6 Å². The summed E-state index contributed by atoms with van der Waals surface area (Å²) in [6.45, 7) is 8.76. The number of carbonyl (C=O) groups is 1. The predicted octanol–water partition coefficient (Wildman–Crippen LogP) is 3.05. The largest absolute Gasteiger partial charge is 0.337 e. The van der Waals surface area contributed by atoms with E-state index in [4.69, 9.17) is 0 Å². The molecule has 1 atom stereocenters. The second-order valence-electron chi connectivity index (χ2n) is 5.68. The monoisotopic (exact) mass is 294 g/mol. The van der Waals surface area contributed by atoms with Crippen LogP contribution in [-0.4, -0.2) is 29.9 Å². The minimum Gasteiger partial charge on any atom is -0.337 e. The summed E-state index contributed by atoms with van der Waals surface area (Å²) in [5.41, 5.74) is 1.34. The molecule has 1 N–H and O–H groups in total. The Labute approximate surface area is 126 Å². The normalized spacial score (nSPS) is 16.3. The smallest absolute Gasteiger partial charge is 0.236 e. The van der Waals surface area contributed by atoms with Crippen LogP contribution in [0.1, 0.15) is 44.1 Å². The van der Waals surface area contributed by atoms with E-state index in [2.05, 4.69) is 37.5 Å². The Morgan fingerprint density at radius 1 is 1.45 bits per heavy atom. The quantitative estimate of drug-likeness (QED) is 0.874. The van der Waals surface area contributed by atoms with Gasteiger partial charge in [0.25, 0.3) is 0 Å². The van der Waals surface area contributed by atoms with Crippen molar-refractivity contribution >= 4 is 17.2 Å². The lowest BCUT2D eigenvalue weighted by molar-refractivity contribution is -0.131. The van der Waals surface area contributed by atoms with Crippen LogP contribution in [0.3, 0.4) is 0 Å². The van der Waals surface area contributed by atoms with Gasteiger partial charge in [0.05, 0.1) is 6.54 Å². The fraction of sp³-hybridized carbons (Fsp3) is 0.688. The van der Waals surface area contributed by atoms with Crippen LogP contribution >= 0.6 is 11.3 Å². The van der Waals surface area contributed by atoms with Crippen LogP contribution in [0.5, 0.6) is 0 Å². The molecule has 0 spiro atoms. The van der Waals surface area contributed by atoms with Gasteiger partial charge >= 0.3 is 0 Å². The fourth-order valence-corrected chi connectivity index (χ4v) is 3.87. The third-order valence-corrected chi connectivity index (χ3v) is 5.51. The van der Waals surface area contributed by atoms with Crippen molar-refractivity contribution in [3.05, 3.63) is 21.9 Å². The molecule has 1 amide bonds. The molecule has 0 bridgehead atoms. The summed E-state index contributed by atoms with van der Waals surface area (Å²) in [6.07, 6.45) is 3.35. The molecule has 0 radical (unpaired) electrons. The molecule has 20 heavy (non-hydrogen) atoms. The highest BCUT2D eigenvalue weighted by Gasteiger charge is 2.22. The third kappa shape index (κ3) is 3.61. The molecule has 4 heteroatoms. The van der Waals surface area contributed by atoms with E-state index in [9.17, 15) is 4.79 Å². The SMILES string of the molecule is CCC(CC)C(C)NCC(=O)N1CCc2sccc2C1. The molecule has 0 saturated carbocycles. The van der Waals surface area contributed by atoms with Gasteiger partial charge in [0.1, 0.15) is 0 Å². The molecule has 2 heterocycles. The maximum absolute atomic E-state index is 12.3. The van der Waals surface area contributed by atoms with Crippen molar-refractivity contribution in [2.75, 3.05) is 13.1 Å². The first-order valence-corrected chi connectivity index (χ1v) is 8.60. The second kappa shape index (κ2) is 7.23. The molecular formula is C16H26N2OS. The van der Waals surface area contributed by atoms with Gasteiger partial charge in [0, 0.05) is 24.0 Å². The molecule has 1 aromatic heterocycles. The Morgan fingerprint density at radius 2 is 2.20 bits per heavy atom. The van der Waals surface area contributed by atoms with E-state index < -0.39 is 0 Å². The highest BCUT2D eigenvalue weighted by atomic mass is 32.1. The molecule has 0 saturated heterocycles. The van der Waals surface area contributed by atoms with Crippen molar-refractivity contribution < 1.29 is 4.79 Å². The zero-order chi connectivity index (χ0) is 14.5. The number of amides is 1. The van der Waals surface area contributed by atoms with Crippen LogP contribution in [0, 0.1) is 5.92 Å². The minimum atomic E-state index is 0.236. The van der Waals surface area contributed by atoms with Crippen LogP contribution in [0.2, 0.25) is 0 Å². The molecule has 1 aliphatic rings. The van der Waals surface area contributed by atoms with Crippen molar-refractivity contribution in [1.82, 2.24) is 10.2 Å². The summed E-state index contributed by atoms with van der Waals surface area (Å²) in [4.78, 5) is 15.7. The molecular weight excluding hydrogens is 268 g/mol. The van der Waals surface area contributed by atoms with E-state index in [1.165, 1.54) is 23.3 Å². The van der Waals surface area contributed by atoms with Gasteiger partial charge in [0.15, 0.2) is 0 Å². The Hall–Kier alpha value is -0.870.